The maximum atomic E-state index is 13.0. The van der Waals surface area contributed by atoms with Crippen molar-refractivity contribution in [1.82, 2.24) is 10.2 Å². The monoisotopic (exact) mass is 434 g/mol. The Morgan fingerprint density at radius 1 is 1.00 bits per heavy atom. The van der Waals surface area contributed by atoms with E-state index in [-0.39, 0.29) is 11.3 Å². The first-order valence-electron chi connectivity index (χ1n) is 11.6. The number of hydrogen-bond donors (Lipinski definition) is 1. The van der Waals surface area contributed by atoms with Crippen LogP contribution in [0.5, 0.6) is 0 Å². The molecule has 1 aliphatic heterocycles. The van der Waals surface area contributed by atoms with Crippen LogP contribution < -0.4 is 5.32 Å². The fraction of sp³-hybridized carbons (Fsp3) is 0.481. The molecule has 0 radical (unpaired) electrons. The molecular weight excluding hydrogens is 400 g/mol. The van der Waals surface area contributed by atoms with Gasteiger partial charge >= 0.3 is 6.09 Å². The van der Waals surface area contributed by atoms with Crippen LogP contribution in [0.15, 0.2) is 48.5 Å². The maximum absolute atomic E-state index is 13.0. The van der Waals surface area contributed by atoms with Gasteiger partial charge in [0.1, 0.15) is 5.60 Å². The normalized spacial score (nSPS) is 17.2. The molecule has 1 N–H and O–H groups in total. The lowest BCUT2D eigenvalue weighted by Crippen LogP contribution is -2.44. The number of piperidine rings is 1. The quantitative estimate of drug-likeness (QED) is 0.755. The summed E-state index contributed by atoms with van der Waals surface area (Å²) in [6, 6.07) is 16.7. The third-order valence-electron chi connectivity index (χ3n) is 6.72. The molecule has 2 aromatic carbocycles. The summed E-state index contributed by atoms with van der Waals surface area (Å²) < 4.78 is 5.28. The Morgan fingerprint density at radius 2 is 1.72 bits per heavy atom. The summed E-state index contributed by atoms with van der Waals surface area (Å²) in [6.07, 6.45) is 4.43. The van der Waals surface area contributed by atoms with Crippen molar-refractivity contribution in [3.8, 4) is 0 Å². The van der Waals surface area contributed by atoms with Gasteiger partial charge in [0.2, 0.25) is 5.91 Å². The molecule has 0 bridgehead atoms. The molecule has 1 saturated heterocycles. The molecule has 0 unspecified atom stereocenters. The highest BCUT2D eigenvalue weighted by Crippen LogP contribution is 2.46. The zero-order chi connectivity index (χ0) is 22.8. The van der Waals surface area contributed by atoms with Crippen molar-refractivity contribution in [1.29, 1.82) is 0 Å². The largest absolute Gasteiger partial charge is 0.444 e. The predicted molar refractivity (Wildman–Crippen MR) is 125 cm³/mol. The Bertz CT molecular complexity index is 984. The van der Waals surface area contributed by atoms with Gasteiger partial charge in [0.05, 0.1) is 6.42 Å². The Labute approximate surface area is 191 Å². The van der Waals surface area contributed by atoms with Gasteiger partial charge < -0.3 is 15.0 Å². The molecule has 0 atom stereocenters. The number of amides is 2. The molecular formula is C27H34N2O3. The summed E-state index contributed by atoms with van der Waals surface area (Å²) in [5.41, 5.74) is 4.68. The van der Waals surface area contributed by atoms with Gasteiger partial charge in [-0.05, 0) is 74.1 Å². The van der Waals surface area contributed by atoms with Crippen molar-refractivity contribution in [2.75, 3.05) is 13.1 Å². The lowest BCUT2D eigenvalue weighted by Gasteiger charge is -2.40. The first kappa shape index (κ1) is 22.4. The zero-order valence-electron chi connectivity index (χ0n) is 19.4. The van der Waals surface area contributed by atoms with Crippen molar-refractivity contribution < 1.29 is 14.3 Å². The third-order valence-corrected chi connectivity index (χ3v) is 6.72. The number of aryl methyl sites for hydroxylation is 1. The topological polar surface area (TPSA) is 58.6 Å². The average molecular weight is 435 g/mol. The van der Waals surface area contributed by atoms with Crippen molar-refractivity contribution in [3.05, 3.63) is 70.8 Å². The second-order valence-electron chi connectivity index (χ2n) is 10.2. The minimum Gasteiger partial charge on any atom is -0.444 e. The van der Waals surface area contributed by atoms with Gasteiger partial charge in [0.15, 0.2) is 0 Å². The molecule has 4 rings (SSSR count). The number of rotatable bonds is 4. The number of fused-ring (bicyclic) bond motifs is 2. The van der Waals surface area contributed by atoms with Gasteiger partial charge in [-0.25, -0.2) is 4.79 Å². The van der Waals surface area contributed by atoms with Crippen LogP contribution in [-0.2, 0) is 34.3 Å². The van der Waals surface area contributed by atoms with E-state index < -0.39 is 11.7 Å². The van der Waals surface area contributed by atoms with Crippen LogP contribution in [0.3, 0.4) is 0 Å². The number of carbonyl (C=O) groups excluding carboxylic acids is 2. The first-order chi connectivity index (χ1) is 15.2. The number of likely N-dealkylation sites (tertiary alicyclic amines) is 1. The molecule has 2 aromatic rings. The van der Waals surface area contributed by atoms with Crippen LogP contribution in [0.2, 0.25) is 0 Å². The molecule has 0 saturated carbocycles. The van der Waals surface area contributed by atoms with Crippen molar-refractivity contribution in [2.45, 2.75) is 70.4 Å². The summed E-state index contributed by atoms with van der Waals surface area (Å²) in [6.45, 7) is 7.55. The molecule has 2 amide bonds. The van der Waals surface area contributed by atoms with Gasteiger partial charge in [-0.1, -0.05) is 48.5 Å². The maximum Gasteiger partial charge on any atom is 0.407 e. The molecule has 0 aromatic heterocycles. The summed E-state index contributed by atoms with van der Waals surface area (Å²) >= 11 is 0. The van der Waals surface area contributed by atoms with Crippen LogP contribution in [0, 0.1) is 0 Å². The molecule has 1 aliphatic carbocycles. The molecule has 32 heavy (non-hydrogen) atoms. The van der Waals surface area contributed by atoms with Gasteiger partial charge in [0.25, 0.3) is 0 Å². The summed E-state index contributed by atoms with van der Waals surface area (Å²) in [7, 11) is 0. The predicted octanol–water partition coefficient (Wildman–Crippen LogP) is 4.76. The van der Waals surface area contributed by atoms with Crippen molar-refractivity contribution in [3.63, 3.8) is 0 Å². The van der Waals surface area contributed by atoms with E-state index in [0.29, 0.717) is 13.0 Å². The lowest BCUT2D eigenvalue weighted by atomic mass is 9.74. The van der Waals surface area contributed by atoms with E-state index >= 15 is 0 Å². The van der Waals surface area contributed by atoms with E-state index in [1.807, 2.05) is 49.9 Å². The first-order valence-corrected chi connectivity index (χ1v) is 11.6. The number of alkyl carbamates (subject to hydrolysis) is 1. The molecule has 5 nitrogen and oxygen atoms in total. The van der Waals surface area contributed by atoms with Crippen LogP contribution in [0.1, 0.15) is 62.3 Å². The highest BCUT2D eigenvalue weighted by Gasteiger charge is 2.41. The van der Waals surface area contributed by atoms with E-state index in [1.165, 1.54) is 17.5 Å². The number of nitrogens with zero attached hydrogens (tertiary/aromatic N) is 1. The van der Waals surface area contributed by atoms with Crippen LogP contribution in [-0.4, -0.2) is 35.6 Å². The molecule has 5 heteroatoms. The third kappa shape index (κ3) is 5.14. The zero-order valence-corrected chi connectivity index (χ0v) is 19.4. The second kappa shape index (κ2) is 8.97. The van der Waals surface area contributed by atoms with Crippen LogP contribution in [0.25, 0.3) is 0 Å². The van der Waals surface area contributed by atoms with Gasteiger partial charge in [-0.3, -0.25) is 4.79 Å². The standard InChI is InChI=1S/C27H34N2O3/c1-26(2,3)32-25(31)28-19-21-8-6-7-20(17-21)18-24(30)29-15-13-27(14-16-29)12-11-22-9-4-5-10-23(22)27/h4-10,17H,11-16,18-19H2,1-3H3,(H,28,31). The fourth-order valence-electron chi connectivity index (χ4n) is 5.09. The molecule has 170 valence electrons. The van der Waals surface area contributed by atoms with E-state index in [2.05, 4.69) is 29.6 Å². The van der Waals surface area contributed by atoms with Crippen LogP contribution >= 0.6 is 0 Å². The second-order valence-corrected chi connectivity index (χ2v) is 10.2. The average Bonchev–Trinajstić information content (AvgIpc) is 3.10. The number of hydrogen-bond acceptors (Lipinski definition) is 3. The van der Waals surface area contributed by atoms with E-state index in [0.717, 1.165) is 43.5 Å². The lowest BCUT2D eigenvalue weighted by molar-refractivity contribution is -0.132. The van der Waals surface area contributed by atoms with Crippen molar-refractivity contribution >= 4 is 12.0 Å². The minimum absolute atomic E-state index is 0.184. The van der Waals surface area contributed by atoms with Gasteiger partial charge in [0, 0.05) is 19.6 Å². The van der Waals surface area contributed by atoms with Crippen LogP contribution in [0.4, 0.5) is 4.79 Å². The van der Waals surface area contributed by atoms with Gasteiger partial charge in [-0.2, -0.15) is 0 Å². The van der Waals surface area contributed by atoms with Crippen molar-refractivity contribution in [2.24, 2.45) is 0 Å². The molecule has 1 heterocycles. The number of carbonyl (C=O) groups is 2. The Morgan fingerprint density at radius 3 is 2.47 bits per heavy atom. The smallest absolute Gasteiger partial charge is 0.407 e. The fourth-order valence-corrected chi connectivity index (χ4v) is 5.09. The minimum atomic E-state index is -0.522. The van der Waals surface area contributed by atoms with E-state index in [4.69, 9.17) is 4.74 Å². The molecule has 1 spiro atoms. The molecule has 1 fully saturated rings. The highest BCUT2D eigenvalue weighted by atomic mass is 16.6. The van der Waals surface area contributed by atoms with E-state index in [9.17, 15) is 9.59 Å². The summed E-state index contributed by atoms with van der Waals surface area (Å²) in [5, 5.41) is 2.78. The number of ether oxygens (including phenoxy) is 1. The van der Waals surface area contributed by atoms with E-state index in [1.54, 1.807) is 0 Å². The summed E-state index contributed by atoms with van der Waals surface area (Å²) in [5.74, 6) is 0.184. The molecule has 2 aliphatic rings. The Kier molecular flexibility index (Phi) is 6.27. The SMILES string of the molecule is CC(C)(C)OC(=O)NCc1cccc(CC(=O)N2CCC3(CCc4ccccc43)CC2)c1. The Hall–Kier alpha value is -2.82. The number of nitrogens with one attached hydrogen (secondary N) is 1. The van der Waals surface area contributed by atoms with Gasteiger partial charge in [-0.15, -0.1) is 0 Å². The Balaban J connectivity index is 1.30. The number of benzene rings is 2. The highest BCUT2D eigenvalue weighted by molar-refractivity contribution is 5.79. The summed E-state index contributed by atoms with van der Waals surface area (Å²) in [4.78, 5) is 26.9.